The highest BCUT2D eigenvalue weighted by atomic mass is 15.2. The number of nitrogens with one attached hydrogen (secondary N) is 1. The van der Waals surface area contributed by atoms with Crippen LogP contribution in [-0.2, 0) is 0 Å². The fourth-order valence-corrected chi connectivity index (χ4v) is 3.52. The number of fused-ring (bicyclic) bond motifs is 1. The van der Waals surface area contributed by atoms with Gasteiger partial charge >= 0.3 is 0 Å². The Kier molecular flexibility index (Phi) is 3.29. The molecule has 0 aliphatic carbocycles. The minimum atomic E-state index is 0.658. The lowest BCUT2D eigenvalue weighted by Gasteiger charge is -2.33. The molecule has 1 N–H and O–H groups in total. The molecule has 0 bridgehead atoms. The normalized spacial score (nSPS) is 28.1. The van der Waals surface area contributed by atoms with E-state index < -0.39 is 0 Å². The number of hydrogen-bond donors (Lipinski definition) is 1. The van der Waals surface area contributed by atoms with E-state index in [2.05, 4.69) is 42.3 Å². The van der Waals surface area contributed by atoms with Gasteiger partial charge in [-0.2, -0.15) is 0 Å². The average Bonchev–Trinajstić information content (AvgIpc) is 2.79. The van der Waals surface area contributed by atoms with Crippen LogP contribution in [0.3, 0.4) is 0 Å². The van der Waals surface area contributed by atoms with Crippen LogP contribution in [0.2, 0.25) is 0 Å². The third-order valence-electron chi connectivity index (χ3n) is 4.80. The van der Waals surface area contributed by atoms with Crippen molar-refractivity contribution in [3.8, 4) is 0 Å². The zero-order chi connectivity index (χ0) is 12.5. The molecule has 1 aromatic carbocycles. The molecule has 2 nitrogen and oxygen atoms in total. The standard InChI is InChI=1S/C16H24N2/c1-12-6-5-7-14(13(12)2)17-15-9-11-18-10-4-3-8-16(15)18/h5-7,15-17H,3-4,8-11H2,1-2H3. The van der Waals surface area contributed by atoms with Gasteiger partial charge < -0.3 is 5.32 Å². The molecule has 2 heterocycles. The maximum absolute atomic E-state index is 3.81. The van der Waals surface area contributed by atoms with E-state index in [4.69, 9.17) is 0 Å². The van der Waals surface area contributed by atoms with Crippen LogP contribution in [0.5, 0.6) is 0 Å². The van der Waals surface area contributed by atoms with Gasteiger partial charge in [-0.05, 0) is 56.8 Å². The minimum Gasteiger partial charge on any atom is -0.380 e. The molecule has 0 spiro atoms. The molecular formula is C16H24N2. The summed E-state index contributed by atoms with van der Waals surface area (Å²) in [6, 6.07) is 8.03. The highest BCUT2D eigenvalue weighted by Crippen LogP contribution is 2.30. The van der Waals surface area contributed by atoms with E-state index in [0.29, 0.717) is 6.04 Å². The molecule has 3 rings (SSSR count). The maximum atomic E-state index is 3.81. The molecule has 2 aliphatic heterocycles. The van der Waals surface area contributed by atoms with Crippen LogP contribution in [0, 0.1) is 13.8 Å². The first-order valence-corrected chi connectivity index (χ1v) is 7.32. The maximum Gasteiger partial charge on any atom is 0.0429 e. The highest BCUT2D eigenvalue weighted by Gasteiger charge is 2.35. The monoisotopic (exact) mass is 244 g/mol. The van der Waals surface area contributed by atoms with E-state index >= 15 is 0 Å². The third-order valence-corrected chi connectivity index (χ3v) is 4.80. The minimum absolute atomic E-state index is 0.658. The van der Waals surface area contributed by atoms with E-state index in [1.807, 2.05) is 0 Å². The first kappa shape index (κ1) is 12.0. The van der Waals surface area contributed by atoms with Gasteiger partial charge in [-0.25, -0.2) is 0 Å². The molecule has 0 aromatic heterocycles. The van der Waals surface area contributed by atoms with Gasteiger partial charge in [-0.3, -0.25) is 4.90 Å². The second-order valence-corrected chi connectivity index (χ2v) is 5.89. The topological polar surface area (TPSA) is 15.3 Å². The number of piperidine rings is 1. The van der Waals surface area contributed by atoms with Crippen LogP contribution in [0.1, 0.15) is 36.8 Å². The Hall–Kier alpha value is -1.02. The van der Waals surface area contributed by atoms with Crippen LogP contribution in [0.25, 0.3) is 0 Å². The molecule has 2 fully saturated rings. The van der Waals surface area contributed by atoms with Crippen molar-refractivity contribution in [3.05, 3.63) is 29.3 Å². The Morgan fingerprint density at radius 3 is 2.89 bits per heavy atom. The van der Waals surface area contributed by atoms with E-state index in [1.165, 1.54) is 55.6 Å². The van der Waals surface area contributed by atoms with E-state index in [0.717, 1.165) is 6.04 Å². The summed E-state index contributed by atoms with van der Waals surface area (Å²) >= 11 is 0. The fraction of sp³-hybridized carbons (Fsp3) is 0.625. The van der Waals surface area contributed by atoms with Crippen molar-refractivity contribution in [1.82, 2.24) is 4.90 Å². The smallest absolute Gasteiger partial charge is 0.0429 e. The third kappa shape index (κ3) is 2.14. The number of benzene rings is 1. The summed E-state index contributed by atoms with van der Waals surface area (Å²) in [5, 5.41) is 3.81. The van der Waals surface area contributed by atoms with Crippen molar-refractivity contribution >= 4 is 5.69 Å². The summed E-state index contributed by atoms with van der Waals surface area (Å²) in [7, 11) is 0. The summed E-state index contributed by atoms with van der Waals surface area (Å²) in [6.45, 7) is 7.02. The molecule has 0 saturated carbocycles. The van der Waals surface area contributed by atoms with Gasteiger partial charge in [0.15, 0.2) is 0 Å². The lowest BCUT2D eigenvalue weighted by atomic mass is 9.98. The quantitative estimate of drug-likeness (QED) is 0.858. The molecule has 98 valence electrons. The largest absolute Gasteiger partial charge is 0.380 e. The van der Waals surface area contributed by atoms with Crippen LogP contribution in [0.4, 0.5) is 5.69 Å². The molecule has 0 radical (unpaired) electrons. The van der Waals surface area contributed by atoms with Gasteiger partial charge in [-0.1, -0.05) is 18.6 Å². The Balaban J connectivity index is 1.74. The van der Waals surface area contributed by atoms with Gasteiger partial charge in [0.2, 0.25) is 0 Å². The van der Waals surface area contributed by atoms with Crippen molar-refractivity contribution in [1.29, 1.82) is 0 Å². The predicted molar refractivity (Wildman–Crippen MR) is 77.2 cm³/mol. The number of anilines is 1. The van der Waals surface area contributed by atoms with Gasteiger partial charge in [0, 0.05) is 24.3 Å². The lowest BCUT2D eigenvalue weighted by molar-refractivity contribution is 0.193. The Morgan fingerprint density at radius 2 is 2.00 bits per heavy atom. The molecule has 1 aromatic rings. The number of nitrogens with zero attached hydrogens (tertiary/aromatic N) is 1. The SMILES string of the molecule is Cc1cccc(NC2CCN3CCCCC23)c1C. The summed E-state index contributed by atoms with van der Waals surface area (Å²) in [6.07, 6.45) is 5.49. The Morgan fingerprint density at radius 1 is 1.11 bits per heavy atom. The van der Waals surface area contributed by atoms with Crippen molar-refractivity contribution in [2.24, 2.45) is 0 Å². The average molecular weight is 244 g/mol. The molecule has 2 unspecified atom stereocenters. The Labute approximate surface area is 110 Å². The molecule has 0 amide bonds. The Bertz CT molecular complexity index is 427. The van der Waals surface area contributed by atoms with Gasteiger partial charge in [0.1, 0.15) is 0 Å². The molecule has 18 heavy (non-hydrogen) atoms. The molecule has 2 heteroatoms. The van der Waals surface area contributed by atoms with Gasteiger partial charge in [0.05, 0.1) is 0 Å². The van der Waals surface area contributed by atoms with Crippen molar-refractivity contribution in [2.45, 2.75) is 51.6 Å². The summed E-state index contributed by atoms with van der Waals surface area (Å²) < 4.78 is 0. The van der Waals surface area contributed by atoms with Crippen LogP contribution in [-0.4, -0.2) is 30.1 Å². The van der Waals surface area contributed by atoms with E-state index in [-0.39, 0.29) is 0 Å². The molecule has 2 atom stereocenters. The number of hydrogen-bond acceptors (Lipinski definition) is 2. The van der Waals surface area contributed by atoms with Crippen LogP contribution in [0.15, 0.2) is 18.2 Å². The summed E-state index contributed by atoms with van der Waals surface area (Å²) in [5.41, 5.74) is 4.14. The predicted octanol–water partition coefficient (Wildman–Crippen LogP) is 3.34. The van der Waals surface area contributed by atoms with Crippen molar-refractivity contribution < 1.29 is 0 Å². The number of aryl methyl sites for hydroxylation is 1. The van der Waals surface area contributed by atoms with Crippen molar-refractivity contribution in [3.63, 3.8) is 0 Å². The van der Waals surface area contributed by atoms with Gasteiger partial charge in [0.25, 0.3) is 0 Å². The van der Waals surface area contributed by atoms with Gasteiger partial charge in [-0.15, -0.1) is 0 Å². The second kappa shape index (κ2) is 4.93. The van der Waals surface area contributed by atoms with Crippen molar-refractivity contribution in [2.75, 3.05) is 18.4 Å². The second-order valence-electron chi connectivity index (χ2n) is 5.89. The molecule has 2 aliphatic rings. The zero-order valence-corrected chi connectivity index (χ0v) is 11.6. The summed E-state index contributed by atoms with van der Waals surface area (Å²) in [5.74, 6) is 0. The molecule has 2 saturated heterocycles. The van der Waals surface area contributed by atoms with E-state index in [1.54, 1.807) is 0 Å². The fourth-order valence-electron chi connectivity index (χ4n) is 3.52. The lowest BCUT2D eigenvalue weighted by Crippen LogP contribution is -2.41. The molecular weight excluding hydrogens is 220 g/mol. The zero-order valence-electron chi connectivity index (χ0n) is 11.6. The van der Waals surface area contributed by atoms with E-state index in [9.17, 15) is 0 Å². The number of rotatable bonds is 2. The van der Waals surface area contributed by atoms with Crippen LogP contribution < -0.4 is 5.32 Å². The first-order valence-electron chi connectivity index (χ1n) is 7.32. The summed E-state index contributed by atoms with van der Waals surface area (Å²) in [4.78, 5) is 2.69. The highest BCUT2D eigenvalue weighted by molar-refractivity contribution is 5.54. The van der Waals surface area contributed by atoms with Crippen LogP contribution >= 0.6 is 0 Å². The first-order chi connectivity index (χ1) is 8.75.